The molecule has 3 N–H and O–H groups in total. The minimum atomic E-state index is 0.0169. The molecule has 0 bridgehead atoms. The van der Waals surface area contributed by atoms with Gasteiger partial charge in [0.15, 0.2) is 0 Å². The van der Waals surface area contributed by atoms with Crippen LogP contribution in [0.25, 0.3) is 0 Å². The zero-order valence-corrected chi connectivity index (χ0v) is 9.65. The van der Waals surface area contributed by atoms with Crippen LogP contribution in [0.5, 0.6) is 0 Å². The highest BCUT2D eigenvalue weighted by atomic mass is 32.1. The first-order valence-electron chi connectivity index (χ1n) is 5.15. The van der Waals surface area contributed by atoms with Gasteiger partial charge in [0, 0.05) is 17.3 Å². The van der Waals surface area contributed by atoms with Gasteiger partial charge in [0.2, 0.25) is 0 Å². The van der Waals surface area contributed by atoms with Crippen LogP contribution in [0.4, 0.5) is 0 Å². The number of thiophene rings is 1. The molecule has 1 unspecified atom stereocenters. The average molecular weight is 234 g/mol. The predicted octanol–water partition coefficient (Wildman–Crippen LogP) is 1.68. The van der Waals surface area contributed by atoms with E-state index in [2.05, 4.69) is 32.9 Å². The summed E-state index contributed by atoms with van der Waals surface area (Å²) in [5.41, 5.74) is 2.76. The lowest BCUT2D eigenvalue weighted by molar-refractivity contribution is 0.492. The Balaban J connectivity index is 1.96. The number of hydrogen-bond donors (Lipinski definition) is 2. The molecule has 0 aliphatic heterocycles. The van der Waals surface area contributed by atoms with E-state index in [9.17, 15) is 0 Å². The first kappa shape index (κ1) is 11.2. The van der Waals surface area contributed by atoms with Gasteiger partial charge in [-0.3, -0.25) is 5.84 Å². The summed E-state index contributed by atoms with van der Waals surface area (Å²) in [5, 5.41) is 2.08. The van der Waals surface area contributed by atoms with Crippen LogP contribution in [0.3, 0.4) is 0 Å². The molecule has 0 spiro atoms. The van der Waals surface area contributed by atoms with Crippen molar-refractivity contribution < 1.29 is 0 Å². The first-order valence-corrected chi connectivity index (χ1v) is 6.03. The predicted molar refractivity (Wildman–Crippen MR) is 64.7 cm³/mol. The fraction of sp³-hybridized carbons (Fsp3) is 0.273. The van der Waals surface area contributed by atoms with Crippen molar-refractivity contribution in [3.63, 3.8) is 0 Å². The second-order valence-corrected chi connectivity index (χ2v) is 4.48. The van der Waals surface area contributed by atoms with Gasteiger partial charge in [0.05, 0.1) is 6.04 Å². The molecule has 2 aromatic heterocycles. The third-order valence-electron chi connectivity index (χ3n) is 2.36. The van der Waals surface area contributed by atoms with Crippen molar-refractivity contribution in [1.29, 1.82) is 0 Å². The molecule has 16 heavy (non-hydrogen) atoms. The van der Waals surface area contributed by atoms with Crippen molar-refractivity contribution in [2.24, 2.45) is 5.84 Å². The Morgan fingerprint density at radius 1 is 1.31 bits per heavy atom. The number of hydrogen-bond acceptors (Lipinski definition) is 5. The summed E-state index contributed by atoms with van der Waals surface area (Å²) in [5.74, 6) is 6.27. The summed E-state index contributed by atoms with van der Waals surface area (Å²) < 4.78 is 0. The maximum atomic E-state index is 5.52. The van der Waals surface area contributed by atoms with E-state index in [-0.39, 0.29) is 6.04 Å². The van der Waals surface area contributed by atoms with Crippen LogP contribution < -0.4 is 11.3 Å². The highest BCUT2D eigenvalue weighted by Crippen LogP contribution is 2.17. The van der Waals surface area contributed by atoms with Gasteiger partial charge in [-0.2, -0.15) is 0 Å². The maximum absolute atomic E-state index is 5.52. The molecule has 5 heteroatoms. The molecule has 4 nitrogen and oxygen atoms in total. The van der Waals surface area contributed by atoms with Crippen LogP contribution in [-0.4, -0.2) is 9.97 Å². The molecule has 0 saturated carbocycles. The largest absolute Gasteiger partial charge is 0.271 e. The van der Waals surface area contributed by atoms with Crippen LogP contribution >= 0.6 is 11.3 Å². The van der Waals surface area contributed by atoms with Crippen LogP contribution in [-0.2, 0) is 6.42 Å². The number of rotatable bonds is 5. The van der Waals surface area contributed by atoms with Crippen LogP contribution in [0, 0.1) is 0 Å². The molecule has 0 aromatic carbocycles. The molecule has 0 amide bonds. The smallest absolute Gasteiger partial charge is 0.146 e. The standard InChI is InChI=1S/C11H14N4S/c12-15-10(11-13-6-2-7-14-11)5-4-9-3-1-8-16-9/h1-3,6-8,10,15H,4-5,12H2. The monoisotopic (exact) mass is 234 g/mol. The van der Waals surface area contributed by atoms with Crippen molar-refractivity contribution in [2.45, 2.75) is 18.9 Å². The Bertz CT molecular complexity index is 401. The molecule has 0 aliphatic carbocycles. The second kappa shape index (κ2) is 5.69. The van der Waals surface area contributed by atoms with E-state index in [1.165, 1.54) is 4.88 Å². The molecular formula is C11H14N4S. The third-order valence-corrected chi connectivity index (χ3v) is 3.29. The lowest BCUT2D eigenvalue weighted by Gasteiger charge is -2.13. The molecule has 2 rings (SSSR count). The molecule has 0 radical (unpaired) electrons. The van der Waals surface area contributed by atoms with Gasteiger partial charge in [-0.1, -0.05) is 6.07 Å². The van der Waals surface area contributed by atoms with E-state index in [1.807, 2.05) is 0 Å². The Labute approximate surface area is 98.5 Å². The first-order chi connectivity index (χ1) is 7.90. The maximum Gasteiger partial charge on any atom is 0.146 e. The molecule has 0 aliphatic rings. The van der Waals surface area contributed by atoms with Crippen molar-refractivity contribution in [3.8, 4) is 0 Å². The highest BCUT2D eigenvalue weighted by molar-refractivity contribution is 7.09. The molecule has 2 aromatic rings. The van der Waals surface area contributed by atoms with E-state index in [4.69, 9.17) is 5.84 Å². The molecule has 0 fully saturated rings. The van der Waals surface area contributed by atoms with E-state index < -0.39 is 0 Å². The summed E-state index contributed by atoms with van der Waals surface area (Å²) in [6.07, 6.45) is 5.36. The number of nitrogens with two attached hydrogens (primary N) is 1. The lowest BCUT2D eigenvalue weighted by atomic mass is 10.1. The number of nitrogens with one attached hydrogen (secondary N) is 1. The summed E-state index contributed by atoms with van der Waals surface area (Å²) >= 11 is 1.76. The van der Waals surface area contributed by atoms with E-state index in [1.54, 1.807) is 29.8 Å². The second-order valence-electron chi connectivity index (χ2n) is 3.44. The summed E-state index contributed by atoms with van der Waals surface area (Å²) in [7, 11) is 0. The van der Waals surface area contributed by atoms with E-state index in [0.29, 0.717) is 0 Å². The van der Waals surface area contributed by atoms with Gasteiger partial charge < -0.3 is 0 Å². The summed E-state index contributed by atoms with van der Waals surface area (Å²) in [6.45, 7) is 0. The number of aromatic nitrogens is 2. The fourth-order valence-corrected chi connectivity index (χ4v) is 2.24. The zero-order chi connectivity index (χ0) is 11.2. The fourth-order valence-electron chi connectivity index (χ4n) is 1.52. The molecular weight excluding hydrogens is 220 g/mol. The SMILES string of the molecule is NNC(CCc1cccs1)c1ncccn1. The highest BCUT2D eigenvalue weighted by Gasteiger charge is 2.12. The molecule has 1 atom stereocenters. The van der Waals surface area contributed by atoms with Gasteiger partial charge in [0.25, 0.3) is 0 Å². The van der Waals surface area contributed by atoms with Gasteiger partial charge in [-0.05, 0) is 30.4 Å². The Morgan fingerprint density at radius 3 is 2.75 bits per heavy atom. The van der Waals surface area contributed by atoms with Gasteiger partial charge >= 0.3 is 0 Å². The van der Waals surface area contributed by atoms with Crippen LogP contribution in [0.2, 0.25) is 0 Å². The molecule has 84 valence electrons. The quantitative estimate of drug-likeness (QED) is 0.610. The third kappa shape index (κ3) is 2.85. The topological polar surface area (TPSA) is 63.8 Å². The van der Waals surface area contributed by atoms with Crippen molar-refractivity contribution in [3.05, 3.63) is 46.7 Å². The zero-order valence-electron chi connectivity index (χ0n) is 8.84. The lowest BCUT2D eigenvalue weighted by Crippen LogP contribution is -2.29. The molecule has 2 heterocycles. The molecule has 0 saturated heterocycles. The van der Waals surface area contributed by atoms with Crippen molar-refractivity contribution >= 4 is 11.3 Å². The van der Waals surface area contributed by atoms with E-state index >= 15 is 0 Å². The van der Waals surface area contributed by atoms with Crippen molar-refractivity contribution in [2.75, 3.05) is 0 Å². The summed E-state index contributed by atoms with van der Waals surface area (Å²) in [4.78, 5) is 9.76. The number of aryl methyl sites for hydroxylation is 1. The Morgan fingerprint density at radius 2 is 2.12 bits per heavy atom. The van der Waals surface area contributed by atoms with Gasteiger partial charge in [-0.25, -0.2) is 15.4 Å². The van der Waals surface area contributed by atoms with Crippen LogP contribution in [0.15, 0.2) is 36.0 Å². The van der Waals surface area contributed by atoms with E-state index in [0.717, 1.165) is 18.7 Å². The Kier molecular flexibility index (Phi) is 3.98. The van der Waals surface area contributed by atoms with Gasteiger partial charge in [0.1, 0.15) is 5.82 Å². The normalized spacial score (nSPS) is 12.6. The average Bonchev–Trinajstić information content (AvgIpc) is 2.84. The number of hydrazine groups is 1. The number of nitrogens with zero attached hydrogens (tertiary/aromatic N) is 2. The Hall–Kier alpha value is -1.30. The van der Waals surface area contributed by atoms with Crippen molar-refractivity contribution in [1.82, 2.24) is 15.4 Å². The van der Waals surface area contributed by atoms with Crippen LogP contribution in [0.1, 0.15) is 23.2 Å². The summed E-state index contributed by atoms with van der Waals surface area (Å²) in [6, 6.07) is 6.01. The van der Waals surface area contributed by atoms with Gasteiger partial charge in [-0.15, -0.1) is 11.3 Å². The minimum absolute atomic E-state index is 0.0169. The minimum Gasteiger partial charge on any atom is -0.271 e.